The number of unbranched alkanes of at least 4 members (excludes halogenated alkanes) is 4. The second kappa shape index (κ2) is 8.56. The summed E-state index contributed by atoms with van der Waals surface area (Å²) in [6.45, 7) is 5.39. The minimum Gasteiger partial charge on any atom is -0.220 e. The van der Waals surface area contributed by atoms with E-state index in [1.807, 2.05) is 4.68 Å². The molecule has 0 amide bonds. The molecule has 0 aliphatic carbocycles. The average molecular weight is 242 g/mol. The van der Waals surface area contributed by atoms with Crippen molar-refractivity contribution in [2.24, 2.45) is 0 Å². The maximum Gasteiger partial charge on any atom is 0.209 e. The van der Waals surface area contributed by atoms with Crippen molar-refractivity contribution in [1.29, 1.82) is 0 Å². The van der Waals surface area contributed by atoms with Crippen LogP contribution in [0.3, 0.4) is 0 Å². The van der Waals surface area contributed by atoms with E-state index in [1.165, 1.54) is 38.5 Å². The Balaban J connectivity index is 2.26. The largest absolute Gasteiger partial charge is 0.220 e. The highest BCUT2D eigenvalue weighted by Gasteiger charge is 2.05. The zero-order valence-electron chi connectivity index (χ0n) is 10.4. The van der Waals surface area contributed by atoms with Gasteiger partial charge in [0.15, 0.2) is 0 Å². The zero-order chi connectivity index (χ0) is 11.6. The summed E-state index contributed by atoms with van der Waals surface area (Å²) in [6, 6.07) is 0. The van der Waals surface area contributed by atoms with Gasteiger partial charge in [-0.05, 0) is 23.3 Å². The lowest BCUT2D eigenvalue weighted by Gasteiger charge is -2.03. The van der Waals surface area contributed by atoms with E-state index in [-0.39, 0.29) is 0 Å². The lowest BCUT2D eigenvalue weighted by molar-refractivity contribution is 0.499. The lowest BCUT2D eigenvalue weighted by atomic mass is 10.2. The average Bonchev–Trinajstić information content (AvgIpc) is 2.73. The van der Waals surface area contributed by atoms with Crippen LogP contribution < -0.4 is 0 Å². The molecule has 0 fully saturated rings. The summed E-state index contributed by atoms with van der Waals surface area (Å²) in [6.07, 6.45) is 7.49. The summed E-state index contributed by atoms with van der Waals surface area (Å²) in [4.78, 5) is 0. The Morgan fingerprint density at radius 2 is 1.88 bits per heavy atom. The number of thioether (sulfide) groups is 1. The number of rotatable bonds is 9. The molecule has 1 aromatic rings. The van der Waals surface area contributed by atoms with Gasteiger partial charge in [-0.1, -0.05) is 51.3 Å². The molecule has 92 valence electrons. The van der Waals surface area contributed by atoms with E-state index in [0.29, 0.717) is 0 Å². The summed E-state index contributed by atoms with van der Waals surface area (Å²) in [5.74, 6) is 1.12. The maximum absolute atomic E-state index is 4.05. The quantitative estimate of drug-likeness (QED) is 0.493. The highest BCUT2D eigenvalue weighted by atomic mass is 32.2. The smallest absolute Gasteiger partial charge is 0.209 e. The molecule has 0 saturated heterocycles. The van der Waals surface area contributed by atoms with Gasteiger partial charge >= 0.3 is 0 Å². The molecule has 1 heterocycles. The lowest BCUT2D eigenvalue weighted by Crippen LogP contribution is -2.02. The van der Waals surface area contributed by atoms with Crippen LogP contribution in [0.5, 0.6) is 0 Å². The molecule has 0 bridgehead atoms. The predicted molar refractivity (Wildman–Crippen MR) is 67.6 cm³/mol. The third kappa shape index (κ3) is 4.96. The molecule has 0 aliphatic heterocycles. The highest BCUT2D eigenvalue weighted by molar-refractivity contribution is 7.99. The van der Waals surface area contributed by atoms with Crippen molar-refractivity contribution in [3.8, 4) is 0 Å². The minimum atomic E-state index is 0.960. The molecule has 0 aliphatic rings. The fourth-order valence-electron chi connectivity index (χ4n) is 1.44. The Hall–Kier alpha value is -0.580. The fraction of sp³-hybridized carbons (Fsp3) is 0.909. The fourth-order valence-corrected chi connectivity index (χ4v) is 2.42. The molecule has 1 aromatic heterocycles. The Bertz CT molecular complexity index is 275. The Kier molecular flexibility index (Phi) is 7.21. The van der Waals surface area contributed by atoms with Gasteiger partial charge in [0.1, 0.15) is 0 Å². The van der Waals surface area contributed by atoms with Gasteiger partial charge in [-0.15, -0.1) is 5.10 Å². The van der Waals surface area contributed by atoms with E-state index in [4.69, 9.17) is 0 Å². The second-order valence-electron chi connectivity index (χ2n) is 3.95. The topological polar surface area (TPSA) is 43.6 Å². The minimum absolute atomic E-state index is 0.960. The molecule has 0 unspecified atom stereocenters. The van der Waals surface area contributed by atoms with Gasteiger partial charge in [0.05, 0.1) is 0 Å². The monoisotopic (exact) mass is 242 g/mol. The normalized spacial score (nSPS) is 10.9. The van der Waals surface area contributed by atoms with Crippen molar-refractivity contribution in [3.05, 3.63) is 0 Å². The first kappa shape index (κ1) is 13.5. The van der Waals surface area contributed by atoms with Crippen LogP contribution in [0, 0.1) is 0 Å². The number of hydrogen-bond donors (Lipinski definition) is 0. The van der Waals surface area contributed by atoms with Crippen LogP contribution in [0.15, 0.2) is 5.16 Å². The molecular weight excluding hydrogens is 220 g/mol. The van der Waals surface area contributed by atoms with E-state index >= 15 is 0 Å². The summed E-state index contributed by atoms with van der Waals surface area (Å²) < 4.78 is 1.94. The summed E-state index contributed by atoms with van der Waals surface area (Å²) >= 11 is 1.77. The molecule has 4 nitrogen and oxygen atoms in total. The number of hydrogen-bond acceptors (Lipinski definition) is 4. The third-order valence-electron chi connectivity index (χ3n) is 2.45. The van der Waals surface area contributed by atoms with Crippen molar-refractivity contribution in [2.45, 2.75) is 64.1 Å². The van der Waals surface area contributed by atoms with E-state index in [2.05, 4.69) is 29.4 Å². The maximum atomic E-state index is 4.05. The molecule has 0 atom stereocenters. The number of tetrazole rings is 1. The van der Waals surface area contributed by atoms with Crippen molar-refractivity contribution < 1.29 is 0 Å². The molecular formula is C11H22N4S. The molecule has 1 rings (SSSR count). The first-order valence-corrected chi connectivity index (χ1v) is 7.26. The molecule has 0 aromatic carbocycles. The number of nitrogens with zero attached hydrogens (tertiary/aromatic N) is 4. The van der Waals surface area contributed by atoms with Crippen molar-refractivity contribution in [2.75, 3.05) is 5.75 Å². The molecule has 0 spiro atoms. The number of aryl methyl sites for hydroxylation is 1. The van der Waals surface area contributed by atoms with Crippen molar-refractivity contribution in [1.82, 2.24) is 20.2 Å². The SMILES string of the molecule is CCCCCCn1nnnc1SCCCC. The van der Waals surface area contributed by atoms with Crippen LogP contribution in [-0.2, 0) is 6.54 Å². The van der Waals surface area contributed by atoms with Gasteiger partial charge in [0.25, 0.3) is 0 Å². The predicted octanol–water partition coefficient (Wildman–Crippen LogP) is 3.15. The summed E-state index contributed by atoms with van der Waals surface area (Å²) in [5.41, 5.74) is 0. The summed E-state index contributed by atoms with van der Waals surface area (Å²) in [7, 11) is 0. The Labute approximate surface area is 102 Å². The molecule has 5 heteroatoms. The molecule has 16 heavy (non-hydrogen) atoms. The first-order valence-electron chi connectivity index (χ1n) is 6.27. The number of aromatic nitrogens is 4. The standard InChI is InChI=1S/C11H22N4S/c1-3-5-7-8-9-15-11(12-13-14-15)16-10-6-4-2/h3-10H2,1-2H3. The van der Waals surface area contributed by atoms with Crippen LogP contribution in [-0.4, -0.2) is 26.0 Å². The van der Waals surface area contributed by atoms with E-state index < -0.39 is 0 Å². The molecule has 0 radical (unpaired) electrons. The van der Waals surface area contributed by atoms with Gasteiger partial charge in [0.2, 0.25) is 5.16 Å². The second-order valence-corrected chi connectivity index (χ2v) is 5.01. The summed E-state index contributed by atoms with van der Waals surface area (Å²) in [5, 5.41) is 12.8. The van der Waals surface area contributed by atoms with E-state index in [0.717, 1.165) is 17.5 Å². The Morgan fingerprint density at radius 1 is 1.06 bits per heavy atom. The Morgan fingerprint density at radius 3 is 2.62 bits per heavy atom. The first-order chi connectivity index (χ1) is 7.88. The zero-order valence-corrected chi connectivity index (χ0v) is 11.2. The van der Waals surface area contributed by atoms with E-state index in [1.54, 1.807) is 11.8 Å². The third-order valence-corrected chi connectivity index (χ3v) is 3.49. The van der Waals surface area contributed by atoms with Crippen molar-refractivity contribution in [3.63, 3.8) is 0 Å². The van der Waals surface area contributed by atoms with Crippen LogP contribution >= 0.6 is 11.8 Å². The molecule has 0 saturated carbocycles. The molecule has 0 N–H and O–H groups in total. The van der Waals surface area contributed by atoms with Crippen LogP contribution in [0.4, 0.5) is 0 Å². The van der Waals surface area contributed by atoms with Gasteiger partial charge in [-0.2, -0.15) is 0 Å². The van der Waals surface area contributed by atoms with E-state index in [9.17, 15) is 0 Å². The van der Waals surface area contributed by atoms with Crippen LogP contribution in [0.1, 0.15) is 52.4 Å². The van der Waals surface area contributed by atoms with Crippen LogP contribution in [0.25, 0.3) is 0 Å². The van der Waals surface area contributed by atoms with Gasteiger partial charge in [0, 0.05) is 12.3 Å². The van der Waals surface area contributed by atoms with Gasteiger partial charge in [-0.3, -0.25) is 0 Å². The van der Waals surface area contributed by atoms with Gasteiger partial charge < -0.3 is 0 Å². The van der Waals surface area contributed by atoms with Crippen LogP contribution in [0.2, 0.25) is 0 Å². The van der Waals surface area contributed by atoms with Crippen molar-refractivity contribution >= 4 is 11.8 Å². The highest BCUT2D eigenvalue weighted by Crippen LogP contribution is 2.16. The van der Waals surface area contributed by atoms with Gasteiger partial charge in [-0.25, -0.2) is 4.68 Å².